The van der Waals surface area contributed by atoms with E-state index in [-0.39, 0.29) is 21.7 Å². The van der Waals surface area contributed by atoms with Gasteiger partial charge in [-0.15, -0.1) is 11.3 Å². The summed E-state index contributed by atoms with van der Waals surface area (Å²) in [5.41, 5.74) is 0.404. The highest BCUT2D eigenvalue weighted by Crippen LogP contribution is 2.49. The van der Waals surface area contributed by atoms with Gasteiger partial charge in [-0.25, -0.2) is 8.42 Å². The fourth-order valence-corrected chi connectivity index (χ4v) is 7.26. The number of aryl methyl sites for hydroxylation is 1. The lowest BCUT2D eigenvalue weighted by Crippen LogP contribution is -2.23. The number of nitrogens with zero attached hydrogens (tertiary/aromatic N) is 1. The number of alkyl halides is 3. The molecule has 1 aromatic heterocycles. The van der Waals surface area contributed by atoms with Crippen LogP contribution in [0.25, 0.3) is 10.4 Å². The van der Waals surface area contributed by atoms with Crippen LogP contribution >= 0.6 is 22.9 Å². The molecule has 198 valence electrons. The summed E-state index contributed by atoms with van der Waals surface area (Å²) in [6.07, 6.45) is -4.52. The lowest BCUT2D eigenvalue weighted by Gasteiger charge is -2.19. The van der Waals surface area contributed by atoms with Crippen molar-refractivity contribution in [2.45, 2.75) is 29.8 Å². The third kappa shape index (κ3) is 5.20. The number of benzene rings is 2. The van der Waals surface area contributed by atoms with Gasteiger partial charge in [0.2, 0.25) is 6.79 Å². The molecule has 3 aromatic rings. The lowest BCUT2D eigenvalue weighted by molar-refractivity contribution is -0.139. The van der Waals surface area contributed by atoms with Crippen LogP contribution in [0, 0.1) is 6.92 Å². The largest absolute Gasteiger partial charge is 0.488 e. The highest BCUT2D eigenvalue weighted by Gasteiger charge is 2.36. The van der Waals surface area contributed by atoms with Gasteiger partial charge in [-0.3, -0.25) is 4.72 Å². The molecule has 2 aliphatic heterocycles. The molecule has 0 radical (unpaired) electrons. The first-order valence-corrected chi connectivity index (χ1v) is 13.9. The van der Waals surface area contributed by atoms with Gasteiger partial charge in [-0.2, -0.15) is 13.2 Å². The number of thiophene rings is 1. The third-order valence-corrected chi connectivity index (χ3v) is 9.50. The smallest absolute Gasteiger partial charge is 0.419 e. The van der Waals surface area contributed by atoms with E-state index >= 15 is 0 Å². The van der Waals surface area contributed by atoms with Gasteiger partial charge in [-0.1, -0.05) is 17.7 Å². The molecule has 37 heavy (non-hydrogen) atoms. The number of likely N-dealkylation sites (tertiary alicyclic amines) is 1. The van der Waals surface area contributed by atoms with Gasteiger partial charge in [-0.05, 0) is 50.2 Å². The molecule has 0 bridgehead atoms. The van der Waals surface area contributed by atoms with E-state index in [1.807, 2.05) is 24.9 Å². The predicted molar refractivity (Wildman–Crippen MR) is 134 cm³/mol. The lowest BCUT2D eigenvalue weighted by atomic mass is 10.1. The average Bonchev–Trinajstić information content (AvgIpc) is 3.53. The van der Waals surface area contributed by atoms with E-state index in [9.17, 15) is 21.6 Å². The zero-order chi connectivity index (χ0) is 26.5. The molecular formula is C24H22ClF3N2O5S2. The van der Waals surface area contributed by atoms with Gasteiger partial charge in [0.05, 0.1) is 21.2 Å². The van der Waals surface area contributed by atoms with Crippen molar-refractivity contribution in [1.82, 2.24) is 4.90 Å². The van der Waals surface area contributed by atoms with Crippen LogP contribution in [0.15, 0.2) is 40.6 Å². The first-order valence-electron chi connectivity index (χ1n) is 11.2. The highest BCUT2D eigenvalue weighted by molar-refractivity contribution is 7.94. The molecule has 5 rings (SSSR count). The van der Waals surface area contributed by atoms with Crippen molar-refractivity contribution in [2.24, 2.45) is 0 Å². The number of sulfonamides is 1. The predicted octanol–water partition coefficient (Wildman–Crippen LogP) is 6.01. The monoisotopic (exact) mass is 574 g/mol. The van der Waals surface area contributed by atoms with Crippen molar-refractivity contribution in [3.63, 3.8) is 0 Å². The maximum Gasteiger partial charge on any atom is 0.419 e. The molecule has 1 atom stereocenters. The van der Waals surface area contributed by atoms with Crippen LogP contribution in [0.5, 0.6) is 17.2 Å². The van der Waals surface area contributed by atoms with Crippen molar-refractivity contribution in [1.29, 1.82) is 0 Å². The molecule has 0 spiro atoms. The number of hydrogen-bond donors (Lipinski definition) is 1. The van der Waals surface area contributed by atoms with E-state index < -0.39 is 33.6 Å². The summed E-state index contributed by atoms with van der Waals surface area (Å²) in [5.74, 6) is 0.576. The van der Waals surface area contributed by atoms with Gasteiger partial charge in [0, 0.05) is 24.7 Å². The Bertz CT molecular complexity index is 1460. The average molecular weight is 575 g/mol. The zero-order valence-electron chi connectivity index (χ0n) is 19.7. The molecule has 7 nitrogen and oxygen atoms in total. The van der Waals surface area contributed by atoms with E-state index in [1.165, 1.54) is 6.07 Å². The highest BCUT2D eigenvalue weighted by atomic mass is 35.5. The summed E-state index contributed by atoms with van der Waals surface area (Å²) in [5, 5.41) is 0.194. The summed E-state index contributed by atoms with van der Waals surface area (Å²) < 4.78 is 86.2. The number of fused-ring (bicyclic) bond motifs is 1. The fourth-order valence-electron chi connectivity index (χ4n) is 4.30. The molecule has 1 saturated heterocycles. The summed E-state index contributed by atoms with van der Waals surface area (Å²) in [6, 6.07) is 7.81. The number of anilines is 1. The normalized spacial score (nSPS) is 17.8. The molecule has 3 heterocycles. The third-order valence-electron chi connectivity index (χ3n) is 6.08. The molecule has 0 unspecified atom stereocenters. The summed E-state index contributed by atoms with van der Waals surface area (Å²) >= 11 is 7.36. The second-order valence-corrected chi connectivity index (χ2v) is 12.2. The van der Waals surface area contributed by atoms with Crippen molar-refractivity contribution >= 4 is 38.6 Å². The first-order chi connectivity index (χ1) is 17.4. The Morgan fingerprint density at radius 3 is 2.68 bits per heavy atom. The van der Waals surface area contributed by atoms with Gasteiger partial charge in [0.25, 0.3) is 10.0 Å². The van der Waals surface area contributed by atoms with Crippen molar-refractivity contribution in [3.05, 3.63) is 52.5 Å². The van der Waals surface area contributed by atoms with E-state index in [0.717, 1.165) is 35.1 Å². The number of nitrogens with one attached hydrogen (secondary N) is 1. The van der Waals surface area contributed by atoms with Crippen LogP contribution < -0.4 is 18.9 Å². The number of ether oxygens (including phenoxy) is 3. The van der Waals surface area contributed by atoms with E-state index in [2.05, 4.69) is 4.72 Å². The Morgan fingerprint density at radius 2 is 1.97 bits per heavy atom. The second-order valence-electron chi connectivity index (χ2n) is 8.84. The van der Waals surface area contributed by atoms with Crippen molar-refractivity contribution < 1.29 is 35.8 Å². The Morgan fingerprint density at radius 1 is 1.19 bits per heavy atom. The molecule has 2 aromatic carbocycles. The summed E-state index contributed by atoms with van der Waals surface area (Å²) in [4.78, 5) is 2.42. The topological polar surface area (TPSA) is 77.1 Å². The van der Waals surface area contributed by atoms with Crippen molar-refractivity contribution in [2.75, 3.05) is 31.7 Å². The Labute approximate surface area is 220 Å². The van der Waals surface area contributed by atoms with Crippen LogP contribution in [-0.2, 0) is 16.2 Å². The van der Waals surface area contributed by atoms with Crippen LogP contribution in [0.1, 0.15) is 17.5 Å². The summed E-state index contributed by atoms with van der Waals surface area (Å²) in [6.45, 7) is 3.05. The van der Waals surface area contributed by atoms with Crippen molar-refractivity contribution in [3.8, 4) is 27.7 Å². The first kappa shape index (κ1) is 26.0. The zero-order valence-corrected chi connectivity index (χ0v) is 22.1. The minimum atomic E-state index is -4.66. The van der Waals surface area contributed by atoms with Crippen LogP contribution in [0.2, 0.25) is 5.02 Å². The molecule has 1 N–H and O–H groups in total. The van der Waals surface area contributed by atoms with Gasteiger partial charge >= 0.3 is 6.18 Å². The fraction of sp³-hybridized carbons (Fsp3) is 0.333. The number of hydrogen-bond acceptors (Lipinski definition) is 7. The maximum absolute atomic E-state index is 13.6. The van der Waals surface area contributed by atoms with Crippen LogP contribution in [0.3, 0.4) is 0 Å². The molecular weight excluding hydrogens is 553 g/mol. The summed E-state index contributed by atoms with van der Waals surface area (Å²) in [7, 11) is -2.33. The van der Waals surface area contributed by atoms with E-state index in [0.29, 0.717) is 41.4 Å². The second kappa shape index (κ2) is 9.57. The van der Waals surface area contributed by atoms with E-state index in [1.54, 1.807) is 6.07 Å². The van der Waals surface area contributed by atoms with E-state index in [4.69, 9.17) is 25.8 Å². The molecule has 0 saturated carbocycles. The molecule has 2 aliphatic rings. The number of halogens is 4. The number of likely N-dealkylation sites (N-methyl/N-ethyl adjacent to an activating group) is 1. The minimum Gasteiger partial charge on any atom is -0.488 e. The Balaban J connectivity index is 1.46. The molecule has 0 aliphatic carbocycles. The molecule has 0 amide bonds. The van der Waals surface area contributed by atoms with Crippen LogP contribution in [0.4, 0.5) is 18.9 Å². The van der Waals surface area contributed by atoms with Gasteiger partial charge in [0.1, 0.15) is 16.1 Å². The Hall–Kier alpha value is -2.67. The SMILES string of the molecule is Cc1ccc2c(c1-c1sc(S(=O)(=O)Nc3ccc(C(F)(F)F)c(O[C@@H]4CCN(C)C4)c3)cc1Cl)OCO2. The van der Waals surface area contributed by atoms with Crippen LogP contribution in [-0.4, -0.2) is 46.4 Å². The van der Waals surface area contributed by atoms with Gasteiger partial charge < -0.3 is 19.1 Å². The number of rotatable bonds is 6. The Kier molecular flexibility index (Phi) is 6.71. The quantitative estimate of drug-likeness (QED) is 0.389. The molecule has 1 fully saturated rings. The standard InChI is InChI=1S/C24H22ClF3N2O5S2/c1-13-3-6-18-22(34-12-33-18)21(13)23-17(25)10-20(36-23)37(31,32)29-14-4-5-16(24(26,27)28)19(9-14)35-15-7-8-30(2)11-15/h3-6,9-10,15,29H,7-8,11-12H2,1-2H3/t15-/m1/s1. The molecule has 13 heteroatoms. The maximum atomic E-state index is 13.6. The minimum absolute atomic E-state index is 0.0387. The van der Waals surface area contributed by atoms with Gasteiger partial charge in [0.15, 0.2) is 11.5 Å².